The normalized spacial score (nSPS) is 11.2. The highest BCUT2D eigenvalue weighted by molar-refractivity contribution is 7.89. The number of ether oxygens (including phenoxy) is 2. The molecule has 0 fully saturated rings. The number of rotatable bonds is 9. The van der Waals surface area contributed by atoms with Gasteiger partial charge in [-0.3, -0.25) is 9.59 Å². The van der Waals surface area contributed by atoms with Gasteiger partial charge in [0.1, 0.15) is 30.2 Å². The van der Waals surface area contributed by atoms with Gasteiger partial charge in [0.25, 0.3) is 5.91 Å². The number of sulfonamides is 1. The van der Waals surface area contributed by atoms with Crippen LogP contribution in [0.2, 0.25) is 0 Å². The average Bonchev–Trinajstić information content (AvgIpc) is 2.92. The molecule has 0 bridgehead atoms. The molecule has 0 aliphatic rings. The van der Waals surface area contributed by atoms with Crippen molar-refractivity contribution in [2.45, 2.75) is 17.4 Å². The molecular weight excluding hydrogens is 496 g/mol. The summed E-state index contributed by atoms with van der Waals surface area (Å²) < 4.78 is 38.1. The van der Waals surface area contributed by atoms with Gasteiger partial charge in [-0.15, -0.1) is 0 Å². The summed E-state index contributed by atoms with van der Waals surface area (Å²) in [5.74, 6) is 4.83. The average molecular weight is 519 g/mol. The minimum absolute atomic E-state index is 0.0658. The van der Waals surface area contributed by atoms with Crippen LogP contribution < -0.4 is 14.8 Å². The van der Waals surface area contributed by atoms with Crippen molar-refractivity contribution in [3.8, 4) is 23.7 Å². The number of nitrogens with one attached hydrogen (secondary N) is 2. The molecule has 1 atom stereocenters. The van der Waals surface area contributed by atoms with Gasteiger partial charge in [-0.25, -0.2) is 13.4 Å². The lowest BCUT2D eigenvalue weighted by molar-refractivity contribution is -0.142. The summed E-state index contributed by atoms with van der Waals surface area (Å²) in [6.07, 6.45) is 1.14. The molecule has 3 aromatic rings. The summed E-state index contributed by atoms with van der Waals surface area (Å²) in [4.78, 5) is 28.2. The molecule has 0 spiro atoms. The van der Waals surface area contributed by atoms with Crippen LogP contribution in [0.5, 0.6) is 5.75 Å². The zero-order chi connectivity index (χ0) is 26.7. The van der Waals surface area contributed by atoms with Crippen LogP contribution in [0.1, 0.15) is 22.5 Å². The maximum atomic E-state index is 12.8. The fourth-order valence-corrected chi connectivity index (χ4v) is 4.13. The maximum absolute atomic E-state index is 12.8. The highest BCUT2D eigenvalue weighted by Crippen LogP contribution is 2.16. The van der Waals surface area contributed by atoms with Crippen LogP contribution in [0.4, 0.5) is 5.69 Å². The van der Waals surface area contributed by atoms with Gasteiger partial charge < -0.3 is 14.8 Å². The fraction of sp³-hybridized carbons (Fsp3) is 0.154. The molecule has 2 N–H and O–H groups in total. The summed E-state index contributed by atoms with van der Waals surface area (Å²) in [6.45, 7) is 0.0658. The van der Waals surface area contributed by atoms with Gasteiger partial charge in [0, 0.05) is 18.3 Å². The van der Waals surface area contributed by atoms with E-state index in [-0.39, 0.29) is 29.2 Å². The van der Waals surface area contributed by atoms with E-state index in [1.807, 2.05) is 24.3 Å². The van der Waals surface area contributed by atoms with Crippen molar-refractivity contribution in [1.29, 1.82) is 5.26 Å². The molecule has 1 amide bonds. The van der Waals surface area contributed by atoms with Crippen LogP contribution in [0.3, 0.4) is 0 Å². The van der Waals surface area contributed by atoms with E-state index in [1.165, 1.54) is 42.6 Å². The summed E-state index contributed by atoms with van der Waals surface area (Å²) in [7, 11) is -2.96. The molecule has 37 heavy (non-hydrogen) atoms. The predicted octanol–water partition coefficient (Wildman–Crippen LogP) is 2.50. The largest absolute Gasteiger partial charge is 0.481 e. The highest BCUT2D eigenvalue weighted by atomic mass is 32.2. The Labute approximate surface area is 214 Å². The number of nitriles is 1. The number of para-hydroxylation sites is 1. The first-order valence-electron chi connectivity index (χ1n) is 10.8. The van der Waals surface area contributed by atoms with Crippen LogP contribution in [0, 0.1) is 23.2 Å². The zero-order valence-electron chi connectivity index (χ0n) is 19.7. The first-order valence-corrected chi connectivity index (χ1v) is 12.3. The van der Waals surface area contributed by atoms with E-state index in [0.717, 1.165) is 7.11 Å². The number of anilines is 1. The standard InChI is InChI=1S/C26H22N4O6S/c1-35-26(32)24(9-5-6-16-36-22-7-3-2-4-8-22)30-37(33,34)23-14-12-20(13-15-23)29-25(31)19-10-11-21(17-27)28-18-19/h2-4,7-8,10-15,18,24,30H,9,16H2,1H3,(H,29,31). The van der Waals surface area contributed by atoms with Crippen LogP contribution in [0.15, 0.2) is 77.8 Å². The Kier molecular flexibility index (Phi) is 9.33. The van der Waals surface area contributed by atoms with Crippen LogP contribution >= 0.6 is 0 Å². The minimum Gasteiger partial charge on any atom is -0.481 e. The van der Waals surface area contributed by atoms with Crippen molar-refractivity contribution >= 4 is 27.6 Å². The number of carbonyl (C=O) groups excluding carboxylic acids is 2. The maximum Gasteiger partial charge on any atom is 0.324 e. The molecule has 188 valence electrons. The number of benzene rings is 2. The molecule has 0 aliphatic carbocycles. The number of aromatic nitrogens is 1. The van der Waals surface area contributed by atoms with Gasteiger partial charge in [0.05, 0.1) is 17.6 Å². The molecule has 11 heteroatoms. The molecule has 0 aliphatic heterocycles. The van der Waals surface area contributed by atoms with Crippen molar-refractivity contribution < 1.29 is 27.5 Å². The van der Waals surface area contributed by atoms with E-state index in [9.17, 15) is 18.0 Å². The Hall–Kier alpha value is -4.71. The fourth-order valence-electron chi connectivity index (χ4n) is 2.95. The second-order valence-corrected chi connectivity index (χ2v) is 9.09. The monoisotopic (exact) mass is 518 g/mol. The third kappa shape index (κ3) is 7.90. The molecule has 3 rings (SSSR count). The Bertz CT molecular complexity index is 1440. The zero-order valence-corrected chi connectivity index (χ0v) is 20.5. The van der Waals surface area contributed by atoms with Crippen molar-refractivity contribution in [3.05, 3.63) is 84.2 Å². The third-order valence-electron chi connectivity index (χ3n) is 4.83. The van der Waals surface area contributed by atoms with E-state index in [2.05, 4.69) is 26.9 Å². The van der Waals surface area contributed by atoms with E-state index in [0.29, 0.717) is 11.4 Å². The van der Waals surface area contributed by atoms with Crippen LogP contribution in [0.25, 0.3) is 0 Å². The van der Waals surface area contributed by atoms with E-state index < -0.39 is 27.9 Å². The van der Waals surface area contributed by atoms with E-state index >= 15 is 0 Å². The molecule has 10 nitrogen and oxygen atoms in total. The SMILES string of the molecule is COC(=O)C(CC#CCOc1ccccc1)NS(=O)(=O)c1ccc(NC(=O)c2ccc(C#N)nc2)cc1. The summed E-state index contributed by atoms with van der Waals surface area (Å²) in [5.41, 5.74) is 0.742. The van der Waals surface area contributed by atoms with Crippen LogP contribution in [-0.2, 0) is 19.6 Å². The summed E-state index contributed by atoms with van der Waals surface area (Å²) in [6, 6.07) is 17.9. The highest BCUT2D eigenvalue weighted by Gasteiger charge is 2.26. The number of nitrogens with zero attached hydrogens (tertiary/aromatic N) is 2. The van der Waals surface area contributed by atoms with Crippen LogP contribution in [-0.4, -0.2) is 45.0 Å². The number of methoxy groups -OCH3 is 1. The lowest BCUT2D eigenvalue weighted by Crippen LogP contribution is -2.41. The Balaban J connectivity index is 1.61. The number of esters is 1. The number of carbonyl (C=O) groups is 2. The van der Waals surface area contributed by atoms with Gasteiger partial charge in [-0.05, 0) is 48.5 Å². The van der Waals surface area contributed by atoms with Crippen molar-refractivity contribution in [2.24, 2.45) is 0 Å². The number of hydrogen-bond donors (Lipinski definition) is 2. The molecular formula is C26H22N4O6S. The topological polar surface area (TPSA) is 147 Å². The quantitative estimate of drug-likeness (QED) is 0.324. The van der Waals surface area contributed by atoms with Crippen molar-refractivity contribution in [1.82, 2.24) is 9.71 Å². The van der Waals surface area contributed by atoms with Crippen molar-refractivity contribution in [3.63, 3.8) is 0 Å². The van der Waals surface area contributed by atoms with Gasteiger partial charge in [0.15, 0.2) is 0 Å². The van der Waals surface area contributed by atoms with E-state index in [1.54, 1.807) is 12.1 Å². The lowest BCUT2D eigenvalue weighted by atomic mass is 10.2. The van der Waals surface area contributed by atoms with Gasteiger partial charge in [-0.1, -0.05) is 30.0 Å². The lowest BCUT2D eigenvalue weighted by Gasteiger charge is -2.15. The second-order valence-electron chi connectivity index (χ2n) is 7.38. The summed E-state index contributed by atoms with van der Waals surface area (Å²) in [5, 5.41) is 11.4. The van der Waals surface area contributed by atoms with Gasteiger partial charge in [0.2, 0.25) is 10.0 Å². The number of pyridine rings is 1. The Morgan fingerprint density at radius 3 is 2.38 bits per heavy atom. The Morgan fingerprint density at radius 2 is 1.76 bits per heavy atom. The van der Waals surface area contributed by atoms with E-state index in [4.69, 9.17) is 14.7 Å². The predicted molar refractivity (Wildman–Crippen MR) is 134 cm³/mol. The third-order valence-corrected chi connectivity index (χ3v) is 6.32. The van der Waals surface area contributed by atoms with Gasteiger partial charge in [-0.2, -0.15) is 9.98 Å². The Morgan fingerprint density at radius 1 is 1.03 bits per heavy atom. The molecule has 0 saturated heterocycles. The number of amides is 1. The molecule has 0 radical (unpaired) electrons. The second kappa shape index (κ2) is 12.8. The molecule has 2 aromatic carbocycles. The van der Waals surface area contributed by atoms with Gasteiger partial charge >= 0.3 is 5.97 Å². The molecule has 1 heterocycles. The molecule has 0 saturated carbocycles. The molecule has 1 aromatic heterocycles. The summed E-state index contributed by atoms with van der Waals surface area (Å²) >= 11 is 0. The van der Waals surface area contributed by atoms with Crippen molar-refractivity contribution in [2.75, 3.05) is 19.0 Å². The first-order chi connectivity index (χ1) is 17.8. The minimum atomic E-state index is -4.11. The smallest absolute Gasteiger partial charge is 0.324 e. The number of hydrogen-bond acceptors (Lipinski definition) is 8. The molecule has 1 unspecified atom stereocenters. The first kappa shape index (κ1) is 26.9.